The summed E-state index contributed by atoms with van der Waals surface area (Å²) >= 11 is 0. The minimum Gasteiger partial charge on any atom is -0.494 e. The number of aryl methyl sites for hydroxylation is 1. The molecule has 1 saturated heterocycles. The molecule has 0 bridgehead atoms. The van der Waals surface area contributed by atoms with E-state index in [1.807, 2.05) is 6.20 Å². The molecule has 2 aromatic rings. The summed E-state index contributed by atoms with van der Waals surface area (Å²) in [5, 5.41) is 13.8. The molecule has 26 heavy (non-hydrogen) atoms. The van der Waals surface area contributed by atoms with Gasteiger partial charge in [0.05, 0.1) is 18.2 Å². The first-order chi connectivity index (χ1) is 12.3. The number of hydrogen-bond donors (Lipinski definition) is 1. The number of aromatic nitrogens is 2. The van der Waals surface area contributed by atoms with Gasteiger partial charge in [0.25, 0.3) is 0 Å². The lowest BCUT2D eigenvalue weighted by Gasteiger charge is -2.18. The van der Waals surface area contributed by atoms with Crippen LogP contribution in [0.1, 0.15) is 17.0 Å². The van der Waals surface area contributed by atoms with Crippen LogP contribution in [0.15, 0.2) is 29.4 Å². The standard InChI is InChI=1S/C17H22FN3O4S/c1-11-16(5-4-15(25-3)17(11)18)26(23,24)21-8-13(10-22)14(9-21)12-6-19-20(2)7-12/h4-7,13-14,22H,8-10H2,1-3H3/t13-,14-/m0/s1. The van der Waals surface area contributed by atoms with E-state index in [-0.39, 0.29) is 47.7 Å². The summed E-state index contributed by atoms with van der Waals surface area (Å²) in [5.74, 6) is -1.08. The fourth-order valence-electron chi connectivity index (χ4n) is 3.44. The zero-order valence-electron chi connectivity index (χ0n) is 14.9. The van der Waals surface area contributed by atoms with E-state index < -0.39 is 15.8 Å². The third kappa shape index (κ3) is 3.10. The summed E-state index contributed by atoms with van der Waals surface area (Å²) in [6.45, 7) is 1.67. The molecule has 1 fully saturated rings. The Bertz CT molecular complexity index is 913. The van der Waals surface area contributed by atoms with Gasteiger partial charge in [-0.2, -0.15) is 9.40 Å². The zero-order chi connectivity index (χ0) is 19.1. The van der Waals surface area contributed by atoms with Gasteiger partial charge < -0.3 is 9.84 Å². The Hall–Kier alpha value is -1.97. The smallest absolute Gasteiger partial charge is 0.243 e. The predicted octanol–water partition coefficient (Wildman–Crippen LogP) is 1.27. The van der Waals surface area contributed by atoms with Crippen LogP contribution in [0, 0.1) is 18.7 Å². The maximum atomic E-state index is 14.3. The minimum absolute atomic E-state index is 0.00402. The maximum absolute atomic E-state index is 14.3. The number of aliphatic hydroxyl groups excluding tert-OH is 1. The van der Waals surface area contributed by atoms with Crippen molar-refractivity contribution in [1.29, 1.82) is 0 Å². The Morgan fingerprint density at radius 2 is 2.12 bits per heavy atom. The first-order valence-corrected chi connectivity index (χ1v) is 9.66. The molecular weight excluding hydrogens is 361 g/mol. The summed E-state index contributed by atoms with van der Waals surface area (Å²) in [7, 11) is -0.782. The van der Waals surface area contributed by atoms with E-state index in [1.165, 1.54) is 30.5 Å². The highest BCUT2D eigenvalue weighted by molar-refractivity contribution is 7.89. The molecule has 1 aliphatic rings. The van der Waals surface area contributed by atoms with Gasteiger partial charge in [-0.25, -0.2) is 12.8 Å². The van der Waals surface area contributed by atoms with Crippen molar-refractivity contribution in [2.75, 3.05) is 26.8 Å². The van der Waals surface area contributed by atoms with Crippen LogP contribution in [0.5, 0.6) is 5.75 Å². The van der Waals surface area contributed by atoms with Crippen LogP contribution in [0.4, 0.5) is 4.39 Å². The van der Waals surface area contributed by atoms with Crippen molar-refractivity contribution >= 4 is 10.0 Å². The van der Waals surface area contributed by atoms with Gasteiger partial charge in [-0.1, -0.05) is 0 Å². The number of hydrogen-bond acceptors (Lipinski definition) is 5. The summed E-state index contributed by atoms with van der Waals surface area (Å²) in [4.78, 5) is -0.0840. The molecule has 1 N–H and O–H groups in total. The average molecular weight is 383 g/mol. The highest BCUT2D eigenvalue weighted by Crippen LogP contribution is 2.36. The lowest BCUT2D eigenvalue weighted by atomic mass is 9.92. The van der Waals surface area contributed by atoms with E-state index >= 15 is 0 Å². The molecule has 0 saturated carbocycles. The van der Waals surface area contributed by atoms with Crippen LogP contribution in [0.3, 0.4) is 0 Å². The lowest BCUT2D eigenvalue weighted by molar-refractivity contribution is 0.223. The lowest BCUT2D eigenvalue weighted by Crippen LogP contribution is -2.30. The Kier molecular flexibility index (Phi) is 5.05. The van der Waals surface area contributed by atoms with Crippen LogP contribution >= 0.6 is 0 Å². The monoisotopic (exact) mass is 383 g/mol. The van der Waals surface area contributed by atoms with Crippen molar-refractivity contribution in [2.45, 2.75) is 17.7 Å². The van der Waals surface area contributed by atoms with Crippen LogP contribution in [-0.2, 0) is 17.1 Å². The molecule has 0 radical (unpaired) electrons. The number of sulfonamides is 1. The normalized spacial score (nSPS) is 21.3. The number of methoxy groups -OCH3 is 1. The molecular formula is C17H22FN3O4S. The predicted molar refractivity (Wildman–Crippen MR) is 93.0 cm³/mol. The topological polar surface area (TPSA) is 84.7 Å². The largest absolute Gasteiger partial charge is 0.494 e. The molecule has 7 nitrogen and oxygen atoms in total. The van der Waals surface area contributed by atoms with E-state index in [4.69, 9.17) is 4.74 Å². The van der Waals surface area contributed by atoms with Crippen molar-refractivity contribution < 1.29 is 22.7 Å². The second-order valence-corrected chi connectivity index (χ2v) is 8.43. The molecule has 0 spiro atoms. The van der Waals surface area contributed by atoms with Crippen LogP contribution < -0.4 is 4.74 Å². The highest BCUT2D eigenvalue weighted by atomic mass is 32.2. The van der Waals surface area contributed by atoms with Gasteiger partial charge in [-0.05, 0) is 24.6 Å². The van der Waals surface area contributed by atoms with E-state index in [2.05, 4.69) is 5.10 Å². The van der Waals surface area contributed by atoms with Gasteiger partial charge in [0, 0.05) is 50.3 Å². The molecule has 0 amide bonds. The van der Waals surface area contributed by atoms with Gasteiger partial charge in [-0.15, -0.1) is 0 Å². The van der Waals surface area contributed by atoms with Gasteiger partial charge in [0.2, 0.25) is 10.0 Å². The molecule has 1 aromatic carbocycles. The minimum atomic E-state index is -3.89. The van der Waals surface area contributed by atoms with E-state index in [0.29, 0.717) is 0 Å². The summed E-state index contributed by atoms with van der Waals surface area (Å²) in [5.41, 5.74) is 0.900. The Morgan fingerprint density at radius 1 is 1.38 bits per heavy atom. The molecule has 9 heteroatoms. The summed E-state index contributed by atoms with van der Waals surface area (Å²) < 4.78 is 48.3. The second-order valence-electron chi connectivity index (χ2n) is 6.52. The van der Waals surface area contributed by atoms with Crippen LogP contribution in [0.2, 0.25) is 0 Å². The number of halogens is 1. The second kappa shape index (κ2) is 6.98. The molecule has 2 atom stereocenters. The molecule has 142 valence electrons. The third-order valence-electron chi connectivity index (χ3n) is 4.93. The highest BCUT2D eigenvalue weighted by Gasteiger charge is 2.41. The van der Waals surface area contributed by atoms with Gasteiger partial charge in [-0.3, -0.25) is 4.68 Å². The van der Waals surface area contributed by atoms with Crippen LogP contribution in [-0.4, -0.2) is 54.4 Å². The Morgan fingerprint density at radius 3 is 2.69 bits per heavy atom. The molecule has 2 heterocycles. The van der Waals surface area contributed by atoms with Crippen LogP contribution in [0.25, 0.3) is 0 Å². The van der Waals surface area contributed by atoms with Crippen molar-refractivity contribution in [1.82, 2.24) is 14.1 Å². The number of aliphatic hydroxyl groups is 1. The first kappa shape index (κ1) is 18.8. The van der Waals surface area contributed by atoms with E-state index in [1.54, 1.807) is 17.9 Å². The van der Waals surface area contributed by atoms with Gasteiger partial charge >= 0.3 is 0 Å². The van der Waals surface area contributed by atoms with Crippen molar-refractivity contribution in [3.05, 3.63) is 41.5 Å². The Labute approximate surface area is 152 Å². The zero-order valence-corrected chi connectivity index (χ0v) is 15.7. The van der Waals surface area contributed by atoms with E-state index in [0.717, 1.165) is 5.56 Å². The van der Waals surface area contributed by atoms with Crippen molar-refractivity contribution in [3.63, 3.8) is 0 Å². The first-order valence-electron chi connectivity index (χ1n) is 8.22. The molecule has 0 aliphatic carbocycles. The van der Waals surface area contributed by atoms with Gasteiger partial charge in [0.1, 0.15) is 0 Å². The quantitative estimate of drug-likeness (QED) is 0.841. The fourth-order valence-corrected chi connectivity index (χ4v) is 5.18. The van der Waals surface area contributed by atoms with E-state index in [9.17, 15) is 17.9 Å². The molecule has 1 aliphatic heterocycles. The summed E-state index contributed by atoms with van der Waals surface area (Å²) in [6, 6.07) is 2.67. The average Bonchev–Trinajstić information content (AvgIpc) is 3.23. The molecule has 1 aromatic heterocycles. The number of ether oxygens (including phenoxy) is 1. The van der Waals surface area contributed by atoms with Gasteiger partial charge in [0.15, 0.2) is 11.6 Å². The number of rotatable bonds is 5. The van der Waals surface area contributed by atoms with Crippen molar-refractivity contribution in [3.8, 4) is 5.75 Å². The Balaban J connectivity index is 1.94. The molecule has 3 rings (SSSR count). The van der Waals surface area contributed by atoms with Crippen molar-refractivity contribution in [2.24, 2.45) is 13.0 Å². The maximum Gasteiger partial charge on any atom is 0.243 e. The molecule has 0 unspecified atom stereocenters. The number of benzene rings is 1. The third-order valence-corrected chi connectivity index (χ3v) is 6.91. The summed E-state index contributed by atoms with van der Waals surface area (Å²) in [6.07, 6.45) is 3.50. The number of nitrogens with zero attached hydrogens (tertiary/aromatic N) is 3. The fraction of sp³-hybridized carbons (Fsp3) is 0.471. The SMILES string of the molecule is COc1ccc(S(=O)(=O)N2C[C@@H](CO)[C@H](c3cnn(C)c3)C2)c(C)c1F.